The van der Waals surface area contributed by atoms with E-state index in [0.717, 1.165) is 48.3 Å². The molecule has 4 aliphatic carbocycles. The van der Waals surface area contributed by atoms with Gasteiger partial charge in [-0.2, -0.15) is 0 Å². The highest BCUT2D eigenvalue weighted by Gasteiger charge is 2.60. The lowest BCUT2D eigenvalue weighted by atomic mass is 9.44. The number of rotatable bonds is 6. The zero-order chi connectivity index (χ0) is 22.4. The average Bonchev–Trinajstić information content (AvgIpc) is 3.05. The summed E-state index contributed by atoms with van der Waals surface area (Å²) in [5.74, 6) is 6.14. The maximum Gasteiger partial charge on any atom is 0.404 e. The van der Waals surface area contributed by atoms with Gasteiger partial charge in [-0.15, -0.1) is 0 Å². The maximum absolute atomic E-state index is 11.3. The molecule has 3 heteroatoms. The molecular weight excluding hydrogens is 382 g/mol. The predicted molar refractivity (Wildman–Crippen MR) is 128 cm³/mol. The number of hydrogen-bond acceptors (Lipinski definition) is 2. The third-order valence-corrected chi connectivity index (χ3v) is 11.1. The van der Waals surface area contributed by atoms with Crippen LogP contribution in [0.5, 0.6) is 0 Å². The summed E-state index contributed by atoms with van der Waals surface area (Å²) in [5, 5.41) is 0. The van der Waals surface area contributed by atoms with Crippen LogP contribution in [0.2, 0.25) is 0 Å². The molecule has 0 spiro atoms. The molecule has 0 aromatic rings. The van der Waals surface area contributed by atoms with Gasteiger partial charge in [0.05, 0.1) is 0 Å². The molecule has 0 saturated heterocycles. The second-order valence-electron chi connectivity index (χ2n) is 13.0. The fraction of sp³-hybridized carbons (Fsp3) is 0.964. The summed E-state index contributed by atoms with van der Waals surface area (Å²) in [7, 11) is 0. The van der Waals surface area contributed by atoms with Gasteiger partial charge in [0.25, 0.3) is 0 Å². The SMILES string of the molecule is CC(C)CCC[C@@H](C)[C@H]1CCC2C3CCC4CC(OC(N)=O)CC[C@]4(C)C3CC[C@@]21C. The predicted octanol–water partition coefficient (Wildman–Crippen LogP) is 7.57. The van der Waals surface area contributed by atoms with Gasteiger partial charge in [-0.3, -0.25) is 0 Å². The Hall–Kier alpha value is -0.730. The van der Waals surface area contributed by atoms with Crippen LogP contribution in [-0.2, 0) is 4.74 Å². The first-order valence-corrected chi connectivity index (χ1v) is 13.6. The summed E-state index contributed by atoms with van der Waals surface area (Å²) in [6.45, 7) is 12.6. The Balaban J connectivity index is 1.43. The summed E-state index contributed by atoms with van der Waals surface area (Å²) < 4.78 is 5.43. The topological polar surface area (TPSA) is 52.3 Å². The van der Waals surface area contributed by atoms with Crippen molar-refractivity contribution in [1.29, 1.82) is 0 Å². The standard InChI is InChI=1S/C28H49NO2/c1-18(2)7-6-8-19(3)23-11-12-24-22-10-9-20-17-21(31-26(29)30)13-15-27(20,4)25(22)14-16-28(23,24)5/h18-25H,6-17H2,1-5H3,(H2,29,30)/t19-,20?,21?,22?,23-,24?,25?,27+,28-/m1/s1. The molecule has 4 aliphatic rings. The molecule has 0 radical (unpaired) electrons. The van der Waals surface area contributed by atoms with E-state index in [0.29, 0.717) is 16.7 Å². The molecule has 2 N–H and O–H groups in total. The Morgan fingerprint density at radius 3 is 2.35 bits per heavy atom. The van der Waals surface area contributed by atoms with Gasteiger partial charge in [-0.1, -0.05) is 53.9 Å². The van der Waals surface area contributed by atoms with Crippen molar-refractivity contribution in [2.75, 3.05) is 0 Å². The Kier molecular flexibility index (Phi) is 6.73. The summed E-state index contributed by atoms with van der Waals surface area (Å²) in [6.07, 6.45) is 15.5. The largest absolute Gasteiger partial charge is 0.446 e. The Morgan fingerprint density at radius 2 is 1.65 bits per heavy atom. The zero-order valence-electron chi connectivity index (χ0n) is 21.0. The second-order valence-corrected chi connectivity index (χ2v) is 13.0. The summed E-state index contributed by atoms with van der Waals surface area (Å²) >= 11 is 0. The summed E-state index contributed by atoms with van der Waals surface area (Å²) in [5.41, 5.74) is 6.35. The van der Waals surface area contributed by atoms with Crippen LogP contribution in [0.15, 0.2) is 0 Å². The van der Waals surface area contributed by atoms with E-state index in [4.69, 9.17) is 10.5 Å². The monoisotopic (exact) mass is 431 g/mol. The van der Waals surface area contributed by atoms with Crippen molar-refractivity contribution in [3.05, 3.63) is 0 Å². The van der Waals surface area contributed by atoms with Gasteiger partial charge in [0.1, 0.15) is 6.10 Å². The molecule has 0 heterocycles. The van der Waals surface area contributed by atoms with Crippen LogP contribution in [0.3, 0.4) is 0 Å². The number of hydrogen-bond donors (Lipinski definition) is 1. The van der Waals surface area contributed by atoms with Crippen molar-refractivity contribution in [1.82, 2.24) is 0 Å². The molecule has 0 aromatic heterocycles. The maximum atomic E-state index is 11.3. The molecule has 5 unspecified atom stereocenters. The molecule has 4 rings (SSSR count). The molecule has 0 aliphatic heterocycles. The van der Waals surface area contributed by atoms with Crippen LogP contribution >= 0.6 is 0 Å². The molecular formula is C28H49NO2. The van der Waals surface area contributed by atoms with E-state index < -0.39 is 6.09 Å². The molecule has 0 bridgehead atoms. The van der Waals surface area contributed by atoms with E-state index in [9.17, 15) is 4.79 Å². The minimum absolute atomic E-state index is 0.0588. The van der Waals surface area contributed by atoms with Crippen LogP contribution in [-0.4, -0.2) is 12.2 Å². The van der Waals surface area contributed by atoms with Crippen molar-refractivity contribution in [2.24, 2.45) is 58.0 Å². The highest BCUT2D eigenvalue weighted by atomic mass is 16.6. The number of fused-ring (bicyclic) bond motifs is 5. The number of carbonyl (C=O) groups is 1. The van der Waals surface area contributed by atoms with Gasteiger partial charge in [0.15, 0.2) is 0 Å². The van der Waals surface area contributed by atoms with E-state index in [-0.39, 0.29) is 6.10 Å². The van der Waals surface area contributed by atoms with Gasteiger partial charge < -0.3 is 10.5 Å². The van der Waals surface area contributed by atoms with Gasteiger partial charge in [0, 0.05) is 0 Å². The molecule has 0 aromatic carbocycles. The molecule has 1 amide bonds. The number of primary amides is 1. The lowest BCUT2D eigenvalue weighted by Crippen LogP contribution is -2.54. The van der Waals surface area contributed by atoms with E-state index in [1.165, 1.54) is 64.2 Å². The van der Waals surface area contributed by atoms with Crippen molar-refractivity contribution in [2.45, 2.75) is 118 Å². The van der Waals surface area contributed by atoms with Crippen LogP contribution in [0, 0.1) is 52.3 Å². The molecule has 4 fully saturated rings. The minimum Gasteiger partial charge on any atom is -0.446 e. The lowest BCUT2D eigenvalue weighted by Gasteiger charge is -2.61. The Labute approximate surface area is 191 Å². The fourth-order valence-corrected chi connectivity index (χ4v) is 9.51. The third kappa shape index (κ3) is 4.29. The van der Waals surface area contributed by atoms with Crippen molar-refractivity contribution in [3.63, 3.8) is 0 Å². The first kappa shape index (κ1) is 23.4. The molecule has 178 valence electrons. The fourth-order valence-electron chi connectivity index (χ4n) is 9.51. The Bertz CT molecular complexity index is 647. The normalized spacial score (nSPS) is 45.5. The van der Waals surface area contributed by atoms with Gasteiger partial charge in [-0.05, 0) is 110 Å². The molecule has 4 saturated carbocycles. The third-order valence-electron chi connectivity index (χ3n) is 11.1. The minimum atomic E-state index is -0.588. The quantitative estimate of drug-likeness (QED) is 0.471. The average molecular weight is 432 g/mol. The summed E-state index contributed by atoms with van der Waals surface area (Å²) in [6, 6.07) is 0. The summed E-state index contributed by atoms with van der Waals surface area (Å²) in [4.78, 5) is 11.3. The molecule has 3 nitrogen and oxygen atoms in total. The van der Waals surface area contributed by atoms with Crippen molar-refractivity contribution < 1.29 is 9.53 Å². The van der Waals surface area contributed by atoms with E-state index in [1.807, 2.05) is 0 Å². The zero-order valence-corrected chi connectivity index (χ0v) is 21.0. The number of nitrogens with two attached hydrogens (primary N) is 1. The van der Waals surface area contributed by atoms with Crippen LogP contribution in [0.1, 0.15) is 112 Å². The van der Waals surface area contributed by atoms with E-state index in [1.54, 1.807) is 0 Å². The van der Waals surface area contributed by atoms with Gasteiger partial charge >= 0.3 is 6.09 Å². The van der Waals surface area contributed by atoms with Crippen LogP contribution in [0.4, 0.5) is 4.79 Å². The van der Waals surface area contributed by atoms with Crippen molar-refractivity contribution >= 4 is 6.09 Å². The van der Waals surface area contributed by atoms with Crippen LogP contribution < -0.4 is 5.73 Å². The van der Waals surface area contributed by atoms with Crippen molar-refractivity contribution in [3.8, 4) is 0 Å². The first-order chi connectivity index (χ1) is 14.6. The van der Waals surface area contributed by atoms with E-state index >= 15 is 0 Å². The highest BCUT2D eigenvalue weighted by molar-refractivity contribution is 5.64. The highest BCUT2D eigenvalue weighted by Crippen LogP contribution is 2.68. The first-order valence-electron chi connectivity index (χ1n) is 13.6. The smallest absolute Gasteiger partial charge is 0.404 e. The van der Waals surface area contributed by atoms with Gasteiger partial charge in [0.2, 0.25) is 0 Å². The molecule has 31 heavy (non-hydrogen) atoms. The second kappa shape index (κ2) is 8.90. The Morgan fingerprint density at radius 1 is 0.935 bits per heavy atom. The van der Waals surface area contributed by atoms with Crippen LogP contribution in [0.25, 0.3) is 0 Å². The number of amides is 1. The van der Waals surface area contributed by atoms with Gasteiger partial charge in [-0.25, -0.2) is 4.79 Å². The number of ether oxygens (including phenoxy) is 1. The van der Waals surface area contributed by atoms with E-state index in [2.05, 4.69) is 34.6 Å². The molecule has 9 atom stereocenters. The number of carbonyl (C=O) groups excluding carboxylic acids is 1. The lowest BCUT2D eigenvalue weighted by molar-refractivity contribution is -0.129.